The summed E-state index contributed by atoms with van der Waals surface area (Å²) >= 11 is 7.16. The van der Waals surface area contributed by atoms with Gasteiger partial charge in [-0.1, -0.05) is 49.5 Å². The van der Waals surface area contributed by atoms with Gasteiger partial charge in [-0.25, -0.2) is 0 Å². The molecule has 3 aliphatic rings. The first kappa shape index (κ1) is 27.7. The van der Waals surface area contributed by atoms with E-state index in [-0.39, 0.29) is 42.0 Å². The number of carbonyl (C=O) groups is 3. The predicted octanol–water partition coefficient (Wildman–Crippen LogP) is 6.38. The molecule has 0 amide bonds. The minimum Gasteiger partial charge on any atom is -0.481 e. The number of hydrogen-bond acceptors (Lipinski definition) is 5. The fourth-order valence-corrected chi connectivity index (χ4v) is 7.27. The molecule has 0 bridgehead atoms. The van der Waals surface area contributed by atoms with Crippen LogP contribution < -0.4 is 4.74 Å². The summed E-state index contributed by atoms with van der Waals surface area (Å²) in [4.78, 5) is 41.4. The number of halogens is 2. The highest BCUT2D eigenvalue weighted by molar-refractivity contribution is 9.11. The minimum absolute atomic E-state index is 0.0280. The molecule has 2 aliphatic carbocycles. The van der Waals surface area contributed by atoms with Crippen molar-refractivity contribution in [2.24, 2.45) is 10.8 Å². The molecule has 0 radical (unpaired) electrons. The summed E-state index contributed by atoms with van der Waals surface area (Å²) in [6, 6.07) is 3.74. The lowest BCUT2D eigenvalue weighted by Gasteiger charge is -2.49. The highest BCUT2D eigenvalue weighted by Crippen LogP contribution is 2.56. The quantitative estimate of drug-likeness (QED) is 0.366. The van der Waals surface area contributed by atoms with Crippen molar-refractivity contribution in [3.63, 3.8) is 0 Å². The summed E-state index contributed by atoms with van der Waals surface area (Å²) in [5.41, 5.74) is 2.85. The molecule has 0 saturated heterocycles. The van der Waals surface area contributed by atoms with E-state index in [1.54, 1.807) is 0 Å². The van der Waals surface area contributed by atoms with Crippen molar-refractivity contribution in [2.45, 2.75) is 65.7 Å². The first-order valence-corrected chi connectivity index (χ1v) is 13.9. The molecule has 1 aromatic carbocycles. The Morgan fingerprint density at radius 1 is 1.05 bits per heavy atom. The maximum Gasteiger partial charge on any atom is 0.305 e. The second kappa shape index (κ2) is 10.1. The second-order valence-corrected chi connectivity index (χ2v) is 13.4. The Balaban J connectivity index is 2.05. The van der Waals surface area contributed by atoms with Crippen molar-refractivity contribution in [3.05, 3.63) is 49.2 Å². The summed E-state index contributed by atoms with van der Waals surface area (Å²) in [6.45, 7) is 8.44. The molecule has 0 aromatic heterocycles. The second-order valence-electron chi connectivity index (χ2n) is 11.6. The summed E-state index contributed by atoms with van der Waals surface area (Å²) in [5, 5.41) is 9.52. The highest BCUT2D eigenvalue weighted by atomic mass is 79.9. The van der Waals surface area contributed by atoms with E-state index in [9.17, 15) is 19.5 Å². The van der Waals surface area contributed by atoms with Crippen LogP contribution in [0.15, 0.2) is 43.6 Å². The van der Waals surface area contributed by atoms with Crippen LogP contribution in [0.3, 0.4) is 0 Å². The van der Waals surface area contributed by atoms with Crippen LogP contribution in [0.4, 0.5) is 0 Å². The Morgan fingerprint density at radius 2 is 1.59 bits per heavy atom. The zero-order valence-electron chi connectivity index (χ0n) is 21.5. The molecule has 0 unspecified atom stereocenters. The topological polar surface area (TPSA) is 83.9 Å². The van der Waals surface area contributed by atoms with Gasteiger partial charge in [0.25, 0.3) is 0 Å². The van der Waals surface area contributed by atoms with Crippen molar-refractivity contribution in [1.82, 2.24) is 4.90 Å². The summed E-state index contributed by atoms with van der Waals surface area (Å²) in [7, 11) is 0. The van der Waals surface area contributed by atoms with E-state index in [2.05, 4.69) is 65.5 Å². The number of nitrogens with zero attached hydrogens (tertiary/aromatic N) is 1. The number of ketones is 2. The number of carbonyl (C=O) groups excluding carboxylic acids is 2. The van der Waals surface area contributed by atoms with Gasteiger partial charge >= 0.3 is 5.97 Å². The van der Waals surface area contributed by atoms with Gasteiger partial charge in [0.15, 0.2) is 11.6 Å². The van der Waals surface area contributed by atoms with Gasteiger partial charge in [-0.2, -0.15) is 0 Å². The third-order valence-electron chi connectivity index (χ3n) is 7.22. The van der Waals surface area contributed by atoms with Crippen molar-refractivity contribution in [2.75, 3.05) is 13.2 Å². The average molecular weight is 633 g/mol. The van der Waals surface area contributed by atoms with Crippen molar-refractivity contribution in [1.29, 1.82) is 0 Å². The minimum atomic E-state index is -0.921. The zero-order valence-corrected chi connectivity index (χ0v) is 24.7. The fraction of sp³-hybridized carbons (Fsp3) is 0.483. The van der Waals surface area contributed by atoms with Gasteiger partial charge in [0.05, 0.1) is 10.9 Å². The Labute approximate surface area is 234 Å². The summed E-state index contributed by atoms with van der Waals surface area (Å²) in [5.74, 6) is 1.39. The highest BCUT2D eigenvalue weighted by Gasteiger charge is 2.49. The van der Waals surface area contributed by atoms with Gasteiger partial charge in [-0.05, 0) is 51.7 Å². The maximum atomic E-state index is 13.9. The lowest BCUT2D eigenvalue weighted by Crippen LogP contribution is -2.45. The third-order valence-corrected chi connectivity index (χ3v) is 8.27. The van der Waals surface area contributed by atoms with E-state index in [0.29, 0.717) is 52.6 Å². The number of hydrogen-bond donors (Lipinski definition) is 1. The molecular formula is C29H31Br2NO5. The fourth-order valence-electron chi connectivity index (χ4n) is 5.90. The van der Waals surface area contributed by atoms with Crippen LogP contribution in [0.25, 0.3) is 0 Å². The number of allylic oxidation sites excluding steroid dienone is 4. The first-order valence-electron chi connectivity index (χ1n) is 12.3. The van der Waals surface area contributed by atoms with E-state index < -0.39 is 11.9 Å². The van der Waals surface area contributed by atoms with Crippen LogP contribution in [0.5, 0.6) is 5.75 Å². The number of terminal acetylenes is 1. The van der Waals surface area contributed by atoms with Gasteiger partial charge in [-0.15, -0.1) is 6.42 Å². The van der Waals surface area contributed by atoms with Gasteiger partial charge in [-0.3, -0.25) is 14.4 Å². The molecule has 0 spiro atoms. The molecule has 1 N–H and O–H groups in total. The maximum absolute atomic E-state index is 13.9. The molecular weight excluding hydrogens is 602 g/mol. The van der Waals surface area contributed by atoms with Crippen molar-refractivity contribution >= 4 is 49.4 Å². The molecule has 0 atom stereocenters. The SMILES string of the molecule is C#CCOc1c(Br)cc(Br)cc1C1C2=C(CC(C)(C)CC2=O)N(CCC(=O)O)C2=C1C(=O)CC(C)(C)C2. The molecule has 1 aliphatic heterocycles. The number of carboxylic acid groups (broad SMARTS) is 1. The van der Waals surface area contributed by atoms with Crippen LogP contribution in [0, 0.1) is 23.2 Å². The van der Waals surface area contributed by atoms with Gasteiger partial charge < -0.3 is 14.7 Å². The van der Waals surface area contributed by atoms with E-state index in [1.807, 2.05) is 17.0 Å². The van der Waals surface area contributed by atoms with E-state index >= 15 is 0 Å². The van der Waals surface area contributed by atoms with Gasteiger partial charge in [0.2, 0.25) is 0 Å². The average Bonchev–Trinajstić information content (AvgIpc) is 2.74. The Bertz CT molecular complexity index is 1240. The molecule has 1 aromatic rings. The summed E-state index contributed by atoms with van der Waals surface area (Å²) < 4.78 is 7.41. The Hall–Kier alpha value is -2.37. The number of benzene rings is 1. The molecule has 4 rings (SSSR count). The third kappa shape index (κ3) is 5.44. The number of ether oxygens (including phenoxy) is 1. The molecule has 6 nitrogen and oxygen atoms in total. The van der Waals surface area contributed by atoms with Gasteiger partial charge in [0, 0.05) is 57.9 Å². The van der Waals surface area contributed by atoms with E-state index in [1.165, 1.54) is 0 Å². The molecule has 1 heterocycles. The van der Waals surface area contributed by atoms with Crippen molar-refractivity contribution in [3.8, 4) is 18.1 Å². The molecule has 0 fully saturated rings. The largest absolute Gasteiger partial charge is 0.481 e. The van der Waals surface area contributed by atoms with Crippen LogP contribution in [0.2, 0.25) is 0 Å². The monoisotopic (exact) mass is 631 g/mol. The number of Topliss-reactive ketones (excluding diaryl/α,β-unsaturated/α-hetero) is 2. The first-order chi connectivity index (χ1) is 17.2. The number of carboxylic acids is 1. The Morgan fingerprint density at radius 3 is 2.08 bits per heavy atom. The van der Waals surface area contributed by atoms with Crippen LogP contribution in [-0.4, -0.2) is 40.7 Å². The van der Waals surface area contributed by atoms with Crippen LogP contribution in [-0.2, 0) is 14.4 Å². The van der Waals surface area contributed by atoms with Gasteiger partial charge in [0.1, 0.15) is 12.4 Å². The predicted molar refractivity (Wildman–Crippen MR) is 148 cm³/mol. The standard InChI is InChI=1S/C29H31Br2NO5/c1-6-9-37-27-17(10-16(30)11-18(27)31)24-25-19(12-28(2,3)14-21(25)33)32(8-7-23(35)36)20-13-29(4,5)15-22(34)26(20)24/h1,10-11,24H,7-9,12-15H2,2-5H3,(H,35,36). The van der Waals surface area contributed by atoms with E-state index in [0.717, 1.165) is 15.9 Å². The Kier molecular flexibility index (Phi) is 7.53. The molecule has 37 heavy (non-hydrogen) atoms. The van der Waals surface area contributed by atoms with Crippen molar-refractivity contribution < 1.29 is 24.2 Å². The molecule has 196 valence electrons. The summed E-state index contributed by atoms with van der Waals surface area (Å²) in [6.07, 6.45) is 7.28. The van der Waals surface area contributed by atoms with E-state index in [4.69, 9.17) is 11.2 Å². The number of rotatable bonds is 6. The van der Waals surface area contributed by atoms with Crippen LogP contribution >= 0.6 is 31.9 Å². The lowest BCUT2D eigenvalue weighted by molar-refractivity contribution is -0.137. The van der Waals surface area contributed by atoms with Crippen LogP contribution in [0.1, 0.15) is 71.3 Å². The number of aliphatic carboxylic acids is 1. The molecule has 0 saturated carbocycles. The normalized spacial score (nSPS) is 20.9. The lowest BCUT2D eigenvalue weighted by atomic mass is 9.63. The molecule has 8 heteroatoms. The zero-order chi connectivity index (χ0) is 27.3. The smallest absolute Gasteiger partial charge is 0.305 e.